The molecule has 1 atom stereocenters. The third-order valence-corrected chi connectivity index (χ3v) is 5.47. The van der Waals surface area contributed by atoms with Gasteiger partial charge in [-0.1, -0.05) is 36.4 Å². The van der Waals surface area contributed by atoms with Crippen LogP contribution in [0.25, 0.3) is 0 Å². The molecule has 0 bridgehead atoms. The van der Waals surface area contributed by atoms with Crippen molar-refractivity contribution in [1.29, 1.82) is 0 Å². The van der Waals surface area contributed by atoms with Gasteiger partial charge in [-0.15, -0.1) is 0 Å². The Labute approximate surface area is 175 Å². The van der Waals surface area contributed by atoms with Crippen molar-refractivity contribution in [3.8, 4) is 5.75 Å². The second-order valence-corrected chi connectivity index (χ2v) is 7.60. The lowest BCUT2D eigenvalue weighted by Gasteiger charge is -2.23. The monoisotopic (exact) mass is 407 g/mol. The van der Waals surface area contributed by atoms with Gasteiger partial charge in [0.2, 0.25) is 5.91 Å². The van der Waals surface area contributed by atoms with Gasteiger partial charge in [-0.2, -0.15) is 5.10 Å². The highest BCUT2D eigenvalue weighted by Crippen LogP contribution is 2.32. The molecule has 2 heterocycles. The Morgan fingerprint density at radius 2 is 2.00 bits per heavy atom. The van der Waals surface area contributed by atoms with Crippen LogP contribution < -0.4 is 4.74 Å². The van der Waals surface area contributed by atoms with Crippen molar-refractivity contribution in [2.45, 2.75) is 38.1 Å². The number of rotatable bonds is 8. The van der Waals surface area contributed by atoms with Gasteiger partial charge in [0, 0.05) is 31.1 Å². The molecular formula is C24H26FN3O2. The predicted molar refractivity (Wildman–Crippen MR) is 113 cm³/mol. The molecule has 6 heteroatoms. The molecule has 1 aliphatic rings. The van der Waals surface area contributed by atoms with Crippen LogP contribution in [-0.2, 0) is 17.6 Å². The SMILES string of the molecule is O=C(CCc1ccccc1)N1CCC[C@@H]1c1cc(CCOc2cccc(F)c2)[nH]n1. The van der Waals surface area contributed by atoms with Crippen LogP contribution in [0.5, 0.6) is 5.75 Å². The molecule has 0 spiro atoms. The van der Waals surface area contributed by atoms with Crippen LogP contribution in [0.3, 0.4) is 0 Å². The lowest BCUT2D eigenvalue weighted by molar-refractivity contribution is -0.132. The van der Waals surface area contributed by atoms with Crippen molar-refractivity contribution >= 4 is 5.91 Å². The van der Waals surface area contributed by atoms with E-state index in [1.165, 1.54) is 17.7 Å². The van der Waals surface area contributed by atoms with Gasteiger partial charge in [-0.25, -0.2) is 4.39 Å². The van der Waals surface area contributed by atoms with Crippen LogP contribution in [-0.4, -0.2) is 34.2 Å². The number of nitrogens with zero attached hydrogens (tertiary/aromatic N) is 2. The summed E-state index contributed by atoms with van der Waals surface area (Å²) in [6.07, 6.45) is 3.83. The summed E-state index contributed by atoms with van der Waals surface area (Å²) < 4.78 is 18.8. The number of likely N-dealkylation sites (tertiary alicyclic amines) is 1. The van der Waals surface area contributed by atoms with Crippen LogP contribution in [0.1, 0.15) is 42.3 Å². The van der Waals surface area contributed by atoms with Crippen molar-refractivity contribution < 1.29 is 13.9 Å². The van der Waals surface area contributed by atoms with E-state index in [0.29, 0.717) is 25.2 Å². The molecule has 1 fully saturated rings. The number of carbonyl (C=O) groups is 1. The highest BCUT2D eigenvalue weighted by molar-refractivity contribution is 5.77. The minimum absolute atomic E-state index is 0.0300. The van der Waals surface area contributed by atoms with Gasteiger partial charge in [0.15, 0.2) is 0 Å². The third kappa shape index (κ3) is 5.06. The number of hydrogen-bond acceptors (Lipinski definition) is 3. The van der Waals surface area contributed by atoms with E-state index in [1.807, 2.05) is 29.2 Å². The average molecular weight is 407 g/mol. The number of ether oxygens (including phenoxy) is 1. The molecular weight excluding hydrogens is 381 g/mol. The Morgan fingerprint density at radius 3 is 2.83 bits per heavy atom. The first kappa shape index (κ1) is 20.1. The summed E-state index contributed by atoms with van der Waals surface area (Å²) in [6.45, 7) is 1.21. The standard InChI is InChI=1S/C24H26FN3O2/c25-19-8-4-9-21(16-19)30-15-13-20-17-22(27-26-20)23-10-5-14-28(23)24(29)12-11-18-6-2-1-3-7-18/h1-4,6-9,16-17,23H,5,10-15H2,(H,26,27)/t23-/m1/s1. The first-order valence-corrected chi connectivity index (χ1v) is 10.4. The molecule has 4 rings (SSSR count). The van der Waals surface area contributed by atoms with Gasteiger partial charge in [-0.3, -0.25) is 9.89 Å². The van der Waals surface area contributed by atoms with E-state index in [2.05, 4.69) is 22.3 Å². The molecule has 30 heavy (non-hydrogen) atoms. The summed E-state index contributed by atoms with van der Waals surface area (Å²) in [6, 6.07) is 18.3. The molecule has 1 aliphatic heterocycles. The fourth-order valence-electron chi connectivity index (χ4n) is 3.93. The summed E-state index contributed by atoms with van der Waals surface area (Å²) in [7, 11) is 0. The molecule has 2 aromatic carbocycles. The number of nitrogens with one attached hydrogen (secondary N) is 1. The van der Waals surface area contributed by atoms with E-state index < -0.39 is 0 Å². The molecule has 0 aliphatic carbocycles. The van der Waals surface area contributed by atoms with Crippen molar-refractivity contribution in [3.05, 3.63) is 83.4 Å². The topological polar surface area (TPSA) is 58.2 Å². The van der Waals surface area contributed by atoms with Crippen LogP contribution in [0, 0.1) is 5.82 Å². The van der Waals surface area contributed by atoms with Gasteiger partial charge < -0.3 is 9.64 Å². The molecule has 1 amide bonds. The lowest BCUT2D eigenvalue weighted by atomic mass is 10.1. The lowest BCUT2D eigenvalue weighted by Crippen LogP contribution is -2.30. The fourth-order valence-corrected chi connectivity index (χ4v) is 3.93. The Balaban J connectivity index is 1.30. The highest BCUT2D eigenvalue weighted by Gasteiger charge is 2.31. The Hall–Kier alpha value is -3.15. The smallest absolute Gasteiger partial charge is 0.223 e. The molecule has 3 aromatic rings. The van der Waals surface area contributed by atoms with E-state index >= 15 is 0 Å². The first-order valence-electron chi connectivity index (χ1n) is 10.4. The van der Waals surface area contributed by atoms with Crippen molar-refractivity contribution in [2.24, 2.45) is 0 Å². The number of carbonyl (C=O) groups excluding carboxylic acids is 1. The molecule has 0 unspecified atom stereocenters. The van der Waals surface area contributed by atoms with Crippen LogP contribution >= 0.6 is 0 Å². The minimum Gasteiger partial charge on any atom is -0.493 e. The van der Waals surface area contributed by atoms with E-state index in [4.69, 9.17) is 4.74 Å². The first-order chi connectivity index (χ1) is 14.7. The van der Waals surface area contributed by atoms with Crippen LogP contribution in [0.2, 0.25) is 0 Å². The summed E-state index contributed by atoms with van der Waals surface area (Å²) in [5, 5.41) is 7.51. The molecule has 156 valence electrons. The zero-order valence-electron chi connectivity index (χ0n) is 16.9. The maximum absolute atomic E-state index is 13.2. The summed E-state index contributed by atoms with van der Waals surface area (Å²) in [5.41, 5.74) is 3.04. The zero-order valence-corrected chi connectivity index (χ0v) is 16.9. The Kier molecular flexibility index (Phi) is 6.42. The zero-order chi connectivity index (χ0) is 20.8. The number of aromatic amines is 1. The number of amides is 1. The Bertz CT molecular complexity index is 973. The van der Waals surface area contributed by atoms with Crippen molar-refractivity contribution in [3.63, 3.8) is 0 Å². The summed E-state index contributed by atoms with van der Waals surface area (Å²) in [4.78, 5) is 14.8. The molecule has 1 N–H and O–H groups in total. The normalized spacial score (nSPS) is 16.0. The van der Waals surface area contributed by atoms with Gasteiger partial charge in [0.25, 0.3) is 0 Å². The quantitative estimate of drug-likeness (QED) is 0.600. The van der Waals surface area contributed by atoms with E-state index in [0.717, 1.165) is 37.2 Å². The van der Waals surface area contributed by atoms with Gasteiger partial charge >= 0.3 is 0 Å². The molecule has 5 nitrogen and oxygen atoms in total. The largest absolute Gasteiger partial charge is 0.493 e. The van der Waals surface area contributed by atoms with Gasteiger partial charge in [0.05, 0.1) is 18.3 Å². The fraction of sp³-hybridized carbons (Fsp3) is 0.333. The third-order valence-electron chi connectivity index (χ3n) is 5.47. The second kappa shape index (κ2) is 9.57. The van der Waals surface area contributed by atoms with Crippen LogP contribution in [0.15, 0.2) is 60.7 Å². The number of aromatic nitrogens is 2. The van der Waals surface area contributed by atoms with Gasteiger partial charge in [-0.05, 0) is 43.0 Å². The Morgan fingerprint density at radius 1 is 1.13 bits per heavy atom. The van der Waals surface area contributed by atoms with Crippen LogP contribution in [0.4, 0.5) is 4.39 Å². The predicted octanol–water partition coefficient (Wildman–Crippen LogP) is 4.47. The molecule has 1 saturated heterocycles. The molecule has 0 saturated carbocycles. The maximum atomic E-state index is 13.2. The minimum atomic E-state index is -0.311. The highest BCUT2D eigenvalue weighted by atomic mass is 19.1. The van der Waals surface area contributed by atoms with Gasteiger partial charge in [0.1, 0.15) is 11.6 Å². The van der Waals surface area contributed by atoms with Crippen molar-refractivity contribution in [2.75, 3.05) is 13.2 Å². The second-order valence-electron chi connectivity index (χ2n) is 7.60. The number of H-pyrrole nitrogens is 1. The maximum Gasteiger partial charge on any atom is 0.223 e. The number of aryl methyl sites for hydroxylation is 1. The van der Waals surface area contributed by atoms with Crippen molar-refractivity contribution in [1.82, 2.24) is 15.1 Å². The summed E-state index contributed by atoms with van der Waals surface area (Å²) >= 11 is 0. The number of benzene rings is 2. The van der Waals surface area contributed by atoms with E-state index in [-0.39, 0.29) is 17.8 Å². The average Bonchev–Trinajstić information content (AvgIpc) is 3.42. The molecule has 0 radical (unpaired) electrons. The molecule has 1 aromatic heterocycles. The van der Waals surface area contributed by atoms with E-state index in [9.17, 15) is 9.18 Å². The van der Waals surface area contributed by atoms with E-state index in [1.54, 1.807) is 12.1 Å². The summed E-state index contributed by atoms with van der Waals surface area (Å²) in [5.74, 6) is 0.385. The number of halogens is 1. The number of hydrogen-bond donors (Lipinski definition) is 1.